The van der Waals surface area contributed by atoms with Crippen LogP contribution >= 0.6 is 11.3 Å². The van der Waals surface area contributed by atoms with Gasteiger partial charge in [-0.15, -0.1) is 11.3 Å². The van der Waals surface area contributed by atoms with Gasteiger partial charge in [-0.2, -0.15) is 0 Å². The number of carbonyl (C=O) groups is 2. The minimum atomic E-state index is -0.930. The largest absolute Gasteiger partial charge is 0.493 e. The number of thiophene rings is 1. The number of ether oxygens (including phenoxy) is 2. The summed E-state index contributed by atoms with van der Waals surface area (Å²) in [5, 5.41) is 9.95. The number of fused-ring (bicyclic) bond motifs is 1. The maximum Gasteiger partial charge on any atom is 0.306 e. The summed E-state index contributed by atoms with van der Waals surface area (Å²) in [6, 6.07) is 5.42. The Bertz CT molecular complexity index is 663. The molecule has 0 spiro atoms. The van der Waals surface area contributed by atoms with E-state index in [9.17, 15) is 9.59 Å². The summed E-state index contributed by atoms with van der Waals surface area (Å²) < 4.78 is 11.4. The van der Waals surface area contributed by atoms with E-state index in [4.69, 9.17) is 14.6 Å². The average molecular weight is 322 g/mol. The molecule has 5 nitrogen and oxygen atoms in total. The number of hydrogen-bond acceptors (Lipinski definition) is 5. The van der Waals surface area contributed by atoms with E-state index in [2.05, 4.69) is 0 Å². The molecule has 118 valence electrons. The molecule has 1 N–H and O–H groups in total. The molecule has 0 saturated carbocycles. The van der Waals surface area contributed by atoms with Gasteiger partial charge in [0.25, 0.3) is 0 Å². The maximum absolute atomic E-state index is 12.3. The van der Waals surface area contributed by atoms with Crippen LogP contribution in [0.5, 0.6) is 11.5 Å². The van der Waals surface area contributed by atoms with Gasteiger partial charge in [0, 0.05) is 17.2 Å². The van der Waals surface area contributed by atoms with Gasteiger partial charge in [0.15, 0.2) is 17.3 Å². The zero-order valence-corrected chi connectivity index (χ0v) is 13.5. The second kappa shape index (κ2) is 6.79. The van der Waals surface area contributed by atoms with Gasteiger partial charge in [0.05, 0.1) is 25.0 Å². The number of methoxy groups -OCH3 is 2. The zero-order chi connectivity index (χ0) is 16.3. The first-order valence-electron chi connectivity index (χ1n) is 6.91. The molecule has 0 fully saturated rings. The molecule has 22 heavy (non-hydrogen) atoms. The van der Waals surface area contributed by atoms with Crippen molar-refractivity contribution >= 4 is 33.2 Å². The van der Waals surface area contributed by atoms with Crippen LogP contribution in [0.4, 0.5) is 0 Å². The highest BCUT2D eigenvalue weighted by Crippen LogP contribution is 2.36. The lowest BCUT2D eigenvalue weighted by atomic mass is 9.99. The second-order valence-electron chi connectivity index (χ2n) is 4.93. The molecule has 0 radical (unpaired) electrons. The van der Waals surface area contributed by atoms with E-state index in [0.717, 1.165) is 10.1 Å². The Balaban J connectivity index is 2.32. The molecule has 2 rings (SSSR count). The minimum Gasteiger partial charge on any atom is -0.493 e. The van der Waals surface area contributed by atoms with Crippen LogP contribution < -0.4 is 9.47 Å². The first kappa shape index (κ1) is 16.3. The quantitative estimate of drug-likeness (QED) is 0.788. The van der Waals surface area contributed by atoms with E-state index in [1.165, 1.54) is 11.3 Å². The van der Waals surface area contributed by atoms with Crippen molar-refractivity contribution in [2.75, 3.05) is 14.2 Å². The molecule has 0 bridgehead atoms. The van der Waals surface area contributed by atoms with Gasteiger partial charge in [0.1, 0.15) is 0 Å². The summed E-state index contributed by atoms with van der Waals surface area (Å²) in [6.07, 6.45) is 0.459. The molecule has 0 amide bonds. The predicted molar refractivity (Wildman–Crippen MR) is 85.3 cm³/mol. The highest BCUT2D eigenvalue weighted by Gasteiger charge is 2.21. The van der Waals surface area contributed by atoms with Crippen molar-refractivity contribution in [3.63, 3.8) is 0 Å². The van der Waals surface area contributed by atoms with Gasteiger partial charge in [-0.3, -0.25) is 9.59 Å². The summed E-state index contributed by atoms with van der Waals surface area (Å²) in [4.78, 5) is 23.9. The number of carboxylic acid groups (broad SMARTS) is 1. The Kier molecular flexibility index (Phi) is 5.03. The topological polar surface area (TPSA) is 72.8 Å². The maximum atomic E-state index is 12.3. The Morgan fingerprint density at radius 3 is 2.36 bits per heavy atom. The summed E-state index contributed by atoms with van der Waals surface area (Å²) in [6.45, 7) is 1.77. The lowest BCUT2D eigenvalue weighted by Gasteiger charge is -2.06. The monoisotopic (exact) mass is 322 g/mol. The molecule has 1 heterocycles. The van der Waals surface area contributed by atoms with E-state index in [1.54, 1.807) is 27.2 Å². The molecule has 0 unspecified atom stereocenters. The molecule has 1 aromatic heterocycles. The highest BCUT2D eigenvalue weighted by atomic mass is 32.1. The van der Waals surface area contributed by atoms with Crippen molar-refractivity contribution in [3.8, 4) is 11.5 Å². The number of aliphatic carboxylic acids is 1. The van der Waals surface area contributed by atoms with Crippen molar-refractivity contribution in [2.45, 2.75) is 19.8 Å². The van der Waals surface area contributed by atoms with Crippen molar-refractivity contribution in [2.24, 2.45) is 5.92 Å². The molecule has 0 aliphatic carbocycles. The Labute approximate surface area is 132 Å². The lowest BCUT2D eigenvalue weighted by molar-refractivity contribution is -0.141. The van der Waals surface area contributed by atoms with Gasteiger partial charge < -0.3 is 14.6 Å². The van der Waals surface area contributed by atoms with Gasteiger partial charge in [-0.25, -0.2) is 0 Å². The molecule has 6 heteroatoms. The van der Waals surface area contributed by atoms with E-state index in [0.29, 0.717) is 22.8 Å². The number of ketones is 1. The standard InChI is InChI=1S/C16H18O5S/c1-4-9(16(18)19)5-11(17)15-7-10-6-12(20-2)13(21-3)8-14(10)22-15/h6-9H,4-5H2,1-3H3,(H,18,19)/t9-/m0/s1. The van der Waals surface area contributed by atoms with Crippen molar-refractivity contribution in [1.82, 2.24) is 0 Å². The smallest absolute Gasteiger partial charge is 0.306 e. The Hall–Kier alpha value is -2.08. The van der Waals surface area contributed by atoms with E-state index in [-0.39, 0.29) is 12.2 Å². The van der Waals surface area contributed by atoms with E-state index >= 15 is 0 Å². The fourth-order valence-electron chi connectivity index (χ4n) is 2.23. The predicted octanol–water partition coefficient (Wildman–Crippen LogP) is 3.60. The summed E-state index contributed by atoms with van der Waals surface area (Å²) in [5.41, 5.74) is 0. The number of carbonyl (C=O) groups excluding carboxylic acids is 1. The van der Waals surface area contributed by atoms with Gasteiger partial charge in [-0.05, 0) is 23.9 Å². The van der Waals surface area contributed by atoms with Crippen LogP contribution in [0.3, 0.4) is 0 Å². The molecule has 1 atom stereocenters. The fourth-order valence-corrected chi connectivity index (χ4v) is 3.26. The molecular formula is C16H18O5S. The van der Waals surface area contributed by atoms with Crippen LogP contribution in [0.25, 0.3) is 10.1 Å². The van der Waals surface area contributed by atoms with Crippen LogP contribution in [0.15, 0.2) is 18.2 Å². The third-order valence-corrected chi connectivity index (χ3v) is 4.71. The molecular weight excluding hydrogens is 304 g/mol. The molecule has 2 aromatic rings. The molecule has 0 saturated heterocycles. The van der Waals surface area contributed by atoms with Gasteiger partial charge in [-0.1, -0.05) is 6.92 Å². The Morgan fingerprint density at radius 2 is 1.82 bits per heavy atom. The SMILES string of the molecule is CC[C@@H](CC(=O)c1cc2cc(OC)c(OC)cc2s1)C(=O)O. The minimum absolute atomic E-state index is 0.0208. The van der Waals surface area contributed by atoms with Crippen molar-refractivity contribution in [3.05, 3.63) is 23.1 Å². The van der Waals surface area contributed by atoms with Crippen LogP contribution in [0, 0.1) is 5.92 Å². The number of Topliss-reactive ketones (excluding diaryl/α,β-unsaturated/α-hetero) is 1. The average Bonchev–Trinajstić information content (AvgIpc) is 2.93. The molecule has 0 aliphatic heterocycles. The van der Waals surface area contributed by atoms with E-state index in [1.807, 2.05) is 12.1 Å². The van der Waals surface area contributed by atoms with E-state index < -0.39 is 11.9 Å². The zero-order valence-electron chi connectivity index (χ0n) is 12.7. The highest BCUT2D eigenvalue weighted by molar-refractivity contribution is 7.20. The number of carboxylic acids is 1. The van der Waals surface area contributed by atoms with Gasteiger partial charge in [0.2, 0.25) is 0 Å². The second-order valence-corrected chi connectivity index (χ2v) is 6.01. The summed E-state index contributed by atoms with van der Waals surface area (Å²) >= 11 is 1.34. The number of hydrogen-bond donors (Lipinski definition) is 1. The van der Waals surface area contributed by atoms with Crippen LogP contribution in [0.2, 0.25) is 0 Å². The third-order valence-electron chi connectivity index (χ3n) is 3.57. The van der Waals surface area contributed by atoms with Crippen molar-refractivity contribution in [1.29, 1.82) is 0 Å². The van der Waals surface area contributed by atoms with Crippen LogP contribution in [-0.2, 0) is 4.79 Å². The summed E-state index contributed by atoms with van der Waals surface area (Å²) in [7, 11) is 3.11. The lowest BCUT2D eigenvalue weighted by Crippen LogP contribution is -2.16. The third kappa shape index (κ3) is 3.22. The van der Waals surface area contributed by atoms with Gasteiger partial charge >= 0.3 is 5.97 Å². The normalized spacial score (nSPS) is 12.1. The summed E-state index contributed by atoms with van der Waals surface area (Å²) in [5.74, 6) is -0.507. The fraction of sp³-hybridized carbons (Fsp3) is 0.375. The van der Waals surface area contributed by atoms with Crippen LogP contribution in [-0.4, -0.2) is 31.1 Å². The Morgan fingerprint density at radius 1 is 1.18 bits per heavy atom. The molecule has 1 aromatic carbocycles. The first-order valence-corrected chi connectivity index (χ1v) is 7.73. The number of benzene rings is 1. The number of rotatable bonds is 7. The molecule has 0 aliphatic rings. The van der Waals surface area contributed by atoms with Crippen molar-refractivity contribution < 1.29 is 24.2 Å². The first-order chi connectivity index (χ1) is 10.5. The van der Waals surface area contributed by atoms with Crippen LogP contribution in [0.1, 0.15) is 29.4 Å².